The van der Waals surface area contributed by atoms with Gasteiger partial charge in [-0.3, -0.25) is 0 Å². The summed E-state index contributed by atoms with van der Waals surface area (Å²) in [6.45, 7) is 4.67. The van der Waals surface area contributed by atoms with Crippen molar-refractivity contribution in [1.29, 1.82) is 0 Å². The van der Waals surface area contributed by atoms with Gasteiger partial charge in [0.1, 0.15) is 0 Å². The van der Waals surface area contributed by atoms with Gasteiger partial charge in [0.15, 0.2) is 0 Å². The Morgan fingerprint density at radius 3 is 3.10 bits per heavy atom. The minimum Gasteiger partial charge on any atom is -0.394 e. The van der Waals surface area contributed by atoms with Crippen molar-refractivity contribution in [1.82, 2.24) is 5.32 Å². The third-order valence-electron chi connectivity index (χ3n) is 3.51. The van der Waals surface area contributed by atoms with Crippen molar-refractivity contribution in [2.24, 2.45) is 0 Å². The maximum Gasteiger partial charge on any atom is 0.0980 e. The van der Waals surface area contributed by atoms with Crippen LogP contribution in [0.1, 0.15) is 5.56 Å². The predicted octanol–water partition coefficient (Wildman–Crippen LogP) is 1.38. The molecule has 1 fully saturated rings. The molecule has 0 radical (unpaired) electrons. The number of ether oxygens (including phenoxy) is 2. The molecular formula is C15H23BrN2O3. The van der Waals surface area contributed by atoms with E-state index in [1.807, 2.05) is 0 Å². The first kappa shape index (κ1) is 16.7. The largest absolute Gasteiger partial charge is 0.394 e. The zero-order chi connectivity index (χ0) is 15.1. The molecule has 1 aromatic rings. The van der Waals surface area contributed by atoms with E-state index in [9.17, 15) is 5.11 Å². The van der Waals surface area contributed by atoms with Crippen LogP contribution in [0.25, 0.3) is 0 Å². The maximum absolute atomic E-state index is 9.23. The number of anilines is 1. The number of nitrogens with zero attached hydrogens (tertiary/aromatic N) is 1. The van der Waals surface area contributed by atoms with E-state index < -0.39 is 0 Å². The zero-order valence-corrected chi connectivity index (χ0v) is 13.9. The lowest BCUT2D eigenvalue weighted by Crippen LogP contribution is -2.44. The first-order valence-corrected chi connectivity index (χ1v) is 7.99. The van der Waals surface area contributed by atoms with Gasteiger partial charge in [0.05, 0.1) is 31.6 Å². The summed E-state index contributed by atoms with van der Waals surface area (Å²) in [4.78, 5) is 2.25. The third kappa shape index (κ3) is 4.93. The normalized spacial score (nSPS) is 19.0. The number of methoxy groups -OCH3 is 1. The lowest BCUT2D eigenvalue weighted by molar-refractivity contribution is 0.00353. The second-order valence-corrected chi connectivity index (χ2v) is 5.93. The second-order valence-electron chi connectivity index (χ2n) is 5.08. The molecular weight excluding hydrogens is 336 g/mol. The summed E-state index contributed by atoms with van der Waals surface area (Å²) < 4.78 is 11.6. The molecule has 1 aliphatic rings. The molecule has 1 saturated heterocycles. The molecule has 1 aliphatic heterocycles. The van der Waals surface area contributed by atoms with Crippen molar-refractivity contribution in [2.45, 2.75) is 12.6 Å². The van der Waals surface area contributed by atoms with Gasteiger partial charge >= 0.3 is 0 Å². The van der Waals surface area contributed by atoms with Crippen LogP contribution < -0.4 is 10.2 Å². The lowest BCUT2D eigenvalue weighted by Gasteiger charge is -2.34. The molecule has 0 spiro atoms. The molecule has 1 aromatic carbocycles. The van der Waals surface area contributed by atoms with Gasteiger partial charge in [0, 0.05) is 37.8 Å². The maximum atomic E-state index is 9.23. The van der Waals surface area contributed by atoms with Crippen molar-refractivity contribution < 1.29 is 14.6 Å². The number of rotatable bonds is 7. The highest BCUT2D eigenvalue weighted by Gasteiger charge is 2.21. The molecule has 0 bridgehead atoms. The van der Waals surface area contributed by atoms with E-state index in [0.29, 0.717) is 6.61 Å². The van der Waals surface area contributed by atoms with Crippen LogP contribution in [0.5, 0.6) is 0 Å². The number of morpholine rings is 1. The summed E-state index contributed by atoms with van der Waals surface area (Å²) in [6.07, 6.45) is -0.0963. The smallest absolute Gasteiger partial charge is 0.0980 e. The van der Waals surface area contributed by atoms with Gasteiger partial charge in [0.2, 0.25) is 0 Å². The minimum absolute atomic E-state index is 0.0651. The van der Waals surface area contributed by atoms with E-state index >= 15 is 0 Å². The van der Waals surface area contributed by atoms with Crippen molar-refractivity contribution in [3.8, 4) is 0 Å². The topological polar surface area (TPSA) is 54.0 Å². The molecule has 21 heavy (non-hydrogen) atoms. The van der Waals surface area contributed by atoms with E-state index in [2.05, 4.69) is 44.3 Å². The third-order valence-corrected chi connectivity index (χ3v) is 4.14. The number of halogens is 1. The molecule has 2 rings (SSSR count). The van der Waals surface area contributed by atoms with E-state index in [-0.39, 0.29) is 12.7 Å². The molecule has 1 heterocycles. The van der Waals surface area contributed by atoms with Gasteiger partial charge < -0.3 is 24.8 Å². The number of hydrogen-bond acceptors (Lipinski definition) is 5. The summed E-state index contributed by atoms with van der Waals surface area (Å²) in [6, 6.07) is 6.39. The predicted molar refractivity (Wildman–Crippen MR) is 86.8 cm³/mol. The van der Waals surface area contributed by atoms with Gasteiger partial charge in [-0.15, -0.1) is 0 Å². The Balaban J connectivity index is 1.95. The van der Waals surface area contributed by atoms with E-state index in [1.54, 1.807) is 7.11 Å². The first-order chi connectivity index (χ1) is 10.2. The Morgan fingerprint density at radius 2 is 2.38 bits per heavy atom. The molecule has 6 heteroatoms. The first-order valence-electron chi connectivity index (χ1n) is 7.20. The molecule has 1 atom stereocenters. The van der Waals surface area contributed by atoms with E-state index in [0.717, 1.165) is 42.9 Å². The Bertz CT molecular complexity index is 445. The van der Waals surface area contributed by atoms with E-state index in [4.69, 9.17) is 9.47 Å². The average Bonchev–Trinajstić information content (AvgIpc) is 2.52. The number of aliphatic hydroxyl groups is 1. The number of aliphatic hydroxyl groups excluding tert-OH is 1. The molecule has 0 saturated carbocycles. The molecule has 1 unspecified atom stereocenters. The van der Waals surface area contributed by atoms with Crippen LogP contribution >= 0.6 is 15.9 Å². The Kier molecular flexibility index (Phi) is 6.92. The van der Waals surface area contributed by atoms with Crippen LogP contribution in [0.15, 0.2) is 22.7 Å². The molecule has 5 nitrogen and oxygen atoms in total. The van der Waals surface area contributed by atoms with Gasteiger partial charge in [-0.2, -0.15) is 0 Å². The fraction of sp³-hybridized carbons (Fsp3) is 0.600. The Morgan fingerprint density at radius 1 is 1.52 bits per heavy atom. The molecule has 2 N–H and O–H groups in total. The standard InChI is InChI=1S/C15H23BrN2O3/c1-20-6-4-17-9-12-2-3-15(14(16)8-12)18-5-7-21-13(10-18)11-19/h2-3,8,13,17,19H,4-7,9-11H2,1H3. The summed E-state index contributed by atoms with van der Waals surface area (Å²) in [5, 5.41) is 12.6. The van der Waals surface area contributed by atoms with Gasteiger partial charge in [-0.1, -0.05) is 6.07 Å². The highest BCUT2D eigenvalue weighted by molar-refractivity contribution is 9.10. The average molecular weight is 359 g/mol. The van der Waals surface area contributed by atoms with Gasteiger partial charge in [-0.05, 0) is 33.6 Å². The van der Waals surface area contributed by atoms with Gasteiger partial charge in [-0.25, -0.2) is 0 Å². The summed E-state index contributed by atoms with van der Waals surface area (Å²) in [7, 11) is 1.70. The van der Waals surface area contributed by atoms with Crippen molar-refractivity contribution in [3.63, 3.8) is 0 Å². The van der Waals surface area contributed by atoms with Crippen molar-refractivity contribution in [2.75, 3.05) is 51.5 Å². The fourth-order valence-corrected chi connectivity index (χ4v) is 3.05. The summed E-state index contributed by atoms with van der Waals surface area (Å²) >= 11 is 3.65. The number of nitrogens with one attached hydrogen (secondary N) is 1. The van der Waals surface area contributed by atoms with E-state index in [1.165, 1.54) is 5.56 Å². The molecule has 0 aromatic heterocycles. The van der Waals surface area contributed by atoms with Crippen LogP contribution in [0.2, 0.25) is 0 Å². The van der Waals surface area contributed by atoms with Crippen LogP contribution in [-0.2, 0) is 16.0 Å². The quantitative estimate of drug-likeness (QED) is 0.721. The molecule has 118 valence electrons. The van der Waals surface area contributed by atoms with Gasteiger partial charge in [0.25, 0.3) is 0 Å². The zero-order valence-electron chi connectivity index (χ0n) is 12.3. The van der Waals surface area contributed by atoms with Crippen LogP contribution in [0.3, 0.4) is 0 Å². The molecule has 0 amide bonds. The highest BCUT2D eigenvalue weighted by Crippen LogP contribution is 2.28. The summed E-state index contributed by atoms with van der Waals surface area (Å²) in [5.41, 5.74) is 2.38. The lowest BCUT2D eigenvalue weighted by atomic mass is 10.1. The molecule has 0 aliphatic carbocycles. The SMILES string of the molecule is COCCNCc1ccc(N2CCOC(CO)C2)c(Br)c1. The number of hydrogen-bond donors (Lipinski definition) is 2. The number of benzene rings is 1. The Hall–Kier alpha value is -0.660. The van der Waals surface area contributed by atoms with Crippen LogP contribution in [-0.4, -0.2) is 57.8 Å². The fourth-order valence-electron chi connectivity index (χ4n) is 2.37. The highest BCUT2D eigenvalue weighted by atomic mass is 79.9. The van der Waals surface area contributed by atoms with Crippen molar-refractivity contribution in [3.05, 3.63) is 28.2 Å². The van der Waals surface area contributed by atoms with Crippen LogP contribution in [0.4, 0.5) is 5.69 Å². The second kappa shape index (κ2) is 8.70. The monoisotopic (exact) mass is 358 g/mol. The van der Waals surface area contributed by atoms with Crippen LogP contribution in [0, 0.1) is 0 Å². The minimum atomic E-state index is -0.0963. The summed E-state index contributed by atoms with van der Waals surface area (Å²) in [5.74, 6) is 0. The Labute approximate surface area is 134 Å². The van der Waals surface area contributed by atoms with Crippen molar-refractivity contribution >= 4 is 21.6 Å².